The first-order chi connectivity index (χ1) is 14.9. The van der Waals surface area contributed by atoms with Crippen molar-refractivity contribution in [2.45, 2.75) is 38.8 Å². The number of amides is 1. The van der Waals surface area contributed by atoms with Crippen LogP contribution in [0, 0.1) is 19.7 Å². The van der Waals surface area contributed by atoms with E-state index in [1.54, 1.807) is 20.0 Å². The molecule has 3 aromatic carbocycles. The Morgan fingerprint density at radius 2 is 1.61 bits per heavy atom. The average molecular weight is 439 g/mol. The third-order valence-electron chi connectivity index (χ3n) is 5.51. The molecule has 0 saturated heterocycles. The van der Waals surface area contributed by atoms with E-state index in [0.717, 1.165) is 35.1 Å². The predicted octanol–water partition coefficient (Wildman–Crippen LogP) is 5.85. The topological polar surface area (TPSA) is 41.1 Å². The number of carbonyl (C=O) groups excluding carboxylic acids is 1. The number of carbonyl (C=O) groups is 1. The summed E-state index contributed by atoms with van der Waals surface area (Å²) in [5.74, 6) is -0.347. The van der Waals surface area contributed by atoms with Gasteiger partial charge in [0.1, 0.15) is 11.9 Å². The molecule has 0 unspecified atom stereocenters. The molecule has 3 aromatic rings. The second-order valence-electron chi connectivity index (χ2n) is 7.85. The molecule has 0 aliphatic rings. The molecule has 0 spiro atoms. The van der Waals surface area contributed by atoms with E-state index in [4.69, 9.17) is 11.6 Å². The molecule has 2 N–H and O–H groups in total. The van der Waals surface area contributed by atoms with E-state index < -0.39 is 6.04 Å². The highest BCUT2D eigenvalue weighted by Crippen LogP contribution is 2.26. The maximum Gasteiger partial charge on any atom is 0.241 e. The van der Waals surface area contributed by atoms with Gasteiger partial charge in [0.15, 0.2) is 0 Å². The first-order valence-electron chi connectivity index (χ1n) is 10.4. The lowest BCUT2D eigenvalue weighted by molar-refractivity contribution is -0.123. The number of aryl methyl sites for hydroxylation is 3. The Morgan fingerprint density at radius 3 is 2.23 bits per heavy atom. The lowest BCUT2D eigenvalue weighted by Crippen LogP contribution is -2.38. The molecular formula is C26H28ClFN2O. The van der Waals surface area contributed by atoms with Gasteiger partial charge in [-0.2, -0.15) is 0 Å². The van der Waals surface area contributed by atoms with Crippen molar-refractivity contribution in [1.29, 1.82) is 0 Å². The lowest BCUT2D eigenvalue weighted by Gasteiger charge is -2.26. The first kappa shape index (κ1) is 23.0. The standard InChI is InChI=1S/C26H28ClFN2O/c1-17-4-9-20(10-5-17)25(26(31)29-3)30-24(21-11-14-23(28)18(2)16-21)15-8-19-6-12-22(27)13-7-19/h4-7,9-14,16,24-25,30H,8,15H2,1-3H3,(H,29,31)/t24-,25+/m0/s1. The summed E-state index contributed by atoms with van der Waals surface area (Å²) >= 11 is 6.01. The van der Waals surface area contributed by atoms with Crippen molar-refractivity contribution in [3.05, 3.63) is 105 Å². The Hall–Kier alpha value is -2.69. The Labute approximate surface area is 188 Å². The van der Waals surface area contributed by atoms with E-state index in [2.05, 4.69) is 10.6 Å². The highest BCUT2D eigenvalue weighted by atomic mass is 35.5. The summed E-state index contributed by atoms with van der Waals surface area (Å²) in [6.45, 7) is 3.77. The molecule has 0 aliphatic heterocycles. The molecule has 2 atom stereocenters. The van der Waals surface area contributed by atoms with E-state index in [-0.39, 0.29) is 17.8 Å². The van der Waals surface area contributed by atoms with Crippen molar-refractivity contribution in [3.63, 3.8) is 0 Å². The van der Waals surface area contributed by atoms with Gasteiger partial charge in [-0.1, -0.05) is 65.7 Å². The van der Waals surface area contributed by atoms with Crippen molar-refractivity contribution in [2.75, 3.05) is 7.05 Å². The summed E-state index contributed by atoms with van der Waals surface area (Å²) in [6, 6.07) is 20.2. The van der Waals surface area contributed by atoms with Crippen LogP contribution in [-0.2, 0) is 11.2 Å². The molecule has 0 bridgehead atoms. The van der Waals surface area contributed by atoms with Gasteiger partial charge >= 0.3 is 0 Å². The molecule has 162 valence electrons. The number of rotatable bonds is 8. The molecule has 1 amide bonds. The molecular weight excluding hydrogens is 411 g/mol. The van der Waals surface area contributed by atoms with Gasteiger partial charge in [-0.25, -0.2) is 4.39 Å². The molecule has 3 rings (SSSR count). The normalized spacial score (nSPS) is 12.9. The quantitative estimate of drug-likeness (QED) is 0.463. The van der Waals surface area contributed by atoms with E-state index in [0.29, 0.717) is 10.6 Å². The maximum absolute atomic E-state index is 13.9. The Kier molecular flexibility index (Phi) is 7.83. The van der Waals surface area contributed by atoms with Gasteiger partial charge in [-0.3, -0.25) is 10.1 Å². The first-order valence-corrected chi connectivity index (χ1v) is 10.8. The summed E-state index contributed by atoms with van der Waals surface area (Å²) in [7, 11) is 1.63. The summed E-state index contributed by atoms with van der Waals surface area (Å²) in [5, 5.41) is 6.98. The van der Waals surface area contributed by atoms with Crippen LogP contribution in [-0.4, -0.2) is 13.0 Å². The molecule has 0 radical (unpaired) electrons. The third kappa shape index (κ3) is 6.16. The van der Waals surface area contributed by atoms with Gasteiger partial charge in [-0.15, -0.1) is 0 Å². The summed E-state index contributed by atoms with van der Waals surface area (Å²) in [4.78, 5) is 12.7. The van der Waals surface area contributed by atoms with Gasteiger partial charge in [-0.05, 0) is 67.1 Å². The second kappa shape index (κ2) is 10.6. The highest BCUT2D eigenvalue weighted by Gasteiger charge is 2.24. The van der Waals surface area contributed by atoms with Crippen LogP contribution in [0.25, 0.3) is 0 Å². The summed E-state index contributed by atoms with van der Waals surface area (Å²) in [5.41, 5.74) is 4.71. The highest BCUT2D eigenvalue weighted by molar-refractivity contribution is 6.30. The maximum atomic E-state index is 13.9. The van der Waals surface area contributed by atoms with Gasteiger partial charge in [0.2, 0.25) is 5.91 Å². The Bertz CT molecular complexity index is 1020. The molecule has 31 heavy (non-hydrogen) atoms. The van der Waals surface area contributed by atoms with Crippen molar-refractivity contribution in [3.8, 4) is 0 Å². The van der Waals surface area contributed by atoms with Crippen LogP contribution in [0.1, 0.15) is 46.3 Å². The number of hydrogen-bond donors (Lipinski definition) is 2. The molecule has 3 nitrogen and oxygen atoms in total. The van der Waals surface area contributed by atoms with Crippen molar-refractivity contribution < 1.29 is 9.18 Å². The predicted molar refractivity (Wildman–Crippen MR) is 125 cm³/mol. The van der Waals surface area contributed by atoms with Crippen molar-refractivity contribution >= 4 is 17.5 Å². The van der Waals surface area contributed by atoms with Crippen LogP contribution in [0.3, 0.4) is 0 Å². The zero-order valence-corrected chi connectivity index (χ0v) is 18.8. The number of nitrogens with one attached hydrogen (secondary N) is 2. The van der Waals surface area contributed by atoms with E-state index in [9.17, 15) is 9.18 Å². The molecule has 5 heteroatoms. The molecule has 0 aliphatic carbocycles. The number of benzene rings is 3. The minimum absolute atomic E-state index is 0.112. The van der Waals surface area contributed by atoms with E-state index in [1.165, 1.54) is 6.07 Å². The van der Waals surface area contributed by atoms with Gasteiger partial charge < -0.3 is 5.32 Å². The van der Waals surface area contributed by atoms with Crippen LogP contribution >= 0.6 is 11.6 Å². The molecule has 0 saturated carbocycles. The van der Waals surface area contributed by atoms with E-state index in [1.807, 2.05) is 61.5 Å². The lowest BCUT2D eigenvalue weighted by atomic mass is 9.95. The number of hydrogen-bond acceptors (Lipinski definition) is 2. The Balaban J connectivity index is 1.90. The molecule has 0 aromatic heterocycles. The summed E-state index contributed by atoms with van der Waals surface area (Å²) < 4.78 is 13.9. The fourth-order valence-electron chi connectivity index (χ4n) is 3.62. The zero-order valence-electron chi connectivity index (χ0n) is 18.1. The van der Waals surface area contributed by atoms with Gasteiger partial charge in [0.05, 0.1) is 0 Å². The minimum Gasteiger partial charge on any atom is -0.358 e. The Morgan fingerprint density at radius 1 is 0.968 bits per heavy atom. The van der Waals surface area contributed by atoms with Crippen LogP contribution in [0.4, 0.5) is 4.39 Å². The molecule has 0 fully saturated rings. The average Bonchev–Trinajstić information content (AvgIpc) is 2.77. The minimum atomic E-state index is -0.522. The monoisotopic (exact) mass is 438 g/mol. The van der Waals surface area contributed by atoms with Crippen molar-refractivity contribution in [2.24, 2.45) is 0 Å². The van der Waals surface area contributed by atoms with Crippen LogP contribution in [0.15, 0.2) is 66.7 Å². The van der Waals surface area contributed by atoms with Gasteiger partial charge in [0.25, 0.3) is 0 Å². The molecule has 0 heterocycles. The SMILES string of the molecule is CNC(=O)[C@H](N[C@@H](CCc1ccc(Cl)cc1)c1ccc(F)c(C)c1)c1ccc(C)cc1. The van der Waals surface area contributed by atoms with Crippen LogP contribution in [0.2, 0.25) is 5.02 Å². The van der Waals surface area contributed by atoms with E-state index >= 15 is 0 Å². The number of likely N-dealkylation sites (N-methyl/N-ethyl adjacent to an activating group) is 1. The smallest absolute Gasteiger partial charge is 0.241 e. The fraction of sp³-hybridized carbons (Fsp3) is 0.269. The van der Waals surface area contributed by atoms with Crippen LogP contribution in [0.5, 0.6) is 0 Å². The van der Waals surface area contributed by atoms with Crippen molar-refractivity contribution in [1.82, 2.24) is 10.6 Å². The fourth-order valence-corrected chi connectivity index (χ4v) is 3.75. The van der Waals surface area contributed by atoms with Gasteiger partial charge in [0, 0.05) is 18.1 Å². The zero-order chi connectivity index (χ0) is 22.4. The second-order valence-corrected chi connectivity index (χ2v) is 8.29. The summed E-state index contributed by atoms with van der Waals surface area (Å²) in [6.07, 6.45) is 1.53. The number of halogens is 2. The third-order valence-corrected chi connectivity index (χ3v) is 5.76. The van der Waals surface area contributed by atoms with Crippen LogP contribution < -0.4 is 10.6 Å². The largest absolute Gasteiger partial charge is 0.358 e.